The van der Waals surface area contributed by atoms with Crippen molar-refractivity contribution in [2.75, 3.05) is 0 Å². The van der Waals surface area contributed by atoms with Crippen LogP contribution in [-0.2, 0) is 26.3 Å². The molecular formula is C14H15BF4O3. The van der Waals surface area contributed by atoms with Gasteiger partial charge in [0.2, 0.25) is 0 Å². The van der Waals surface area contributed by atoms with Crippen molar-refractivity contribution in [3.8, 4) is 0 Å². The highest BCUT2D eigenvalue weighted by molar-refractivity contribution is 6.62. The molecule has 1 aromatic rings. The van der Waals surface area contributed by atoms with E-state index in [1.807, 2.05) is 27.7 Å². The van der Waals surface area contributed by atoms with Crippen LogP contribution in [0.1, 0.15) is 38.8 Å². The molecule has 3 nitrogen and oxygen atoms in total. The molecule has 0 aliphatic carbocycles. The molecule has 22 heavy (non-hydrogen) atoms. The average Bonchev–Trinajstić information content (AvgIpc) is 2.67. The van der Waals surface area contributed by atoms with Crippen molar-refractivity contribution in [3.63, 3.8) is 0 Å². The van der Waals surface area contributed by atoms with E-state index in [4.69, 9.17) is 9.31 Å². The predicted molar refractivity (Wildman–Crippen MR) is 71.0 cm³/mol. The third kappa shape index (κ3) is 2.16. The monoisotopic (exact) mass is 318 g/mol. The third-order valence-electron chi connectivity index (χ3n) is 4.45. The number of benzene rings is 1. The highest BCUT2D eigenvalue weighted by atomic mass is 19.3. The van der Waals surface area contributed by atoms with Gasteiger partial charge in [-0.3, -0.25) is 0 Å². The Balaban J connectivity index is 2.00. The minimum Gasteiger partial charge on any atom is -0.399 e. The van der Waals surface area contributed by atoms with Gasteiger partial charge in [-0.2, -0.15) is 17.6 Å². The van der Waals surface area contributed by atoms with Crippen molar-refractivity contribution in [3.05, 3.63) is 29.3 Å². The number of hydrogen-bond acceptors (Lipinski definition) is 3. The molecular weight excluding hydrogens is 303 g/mol. The lowest BCUT2D eigenvalue weighted by molar-refractivity contribution is -0.369. The standard InChI is InChI=1S/C14H15BF4O3/c1-11(2)12(3,4)22-15(21-11)8-5-6-9-10(7-8)14(18,19)20-13(9,16)17/h5-7H,1-4H3. The summed E-state index contributed by atoms with van der Waals surface area (Å²) in [5, 5.41) is 0. The molecule has 0 bridgehead atoms. The highest BCUT2D eigenvalue weighted by Crippen LogP contribution is 2.50. The smallest absolute Gasteiger partial charge is 0.399 e. The van der Waals surface area contributed by atoms with E-state index >= 15 is 0 Å². The minimum atomic E-state index is -4.04. The second kappa shape index (κ2) is 4.24. The van der Waals surface area contributed by atoms with Gasteiger partial charge in [-0.25, -0.2) is 4.74 Å². The zero-order valence-corrected chi connectivity index (χ0v) is 12.5. The van der Waals surface area contributed by atoms with Crippen molar-refractivity contribution < 1.29 is 31.6 Å². The lowest BCUT2D eigenvalue weighted by Crippen LogP contribution is -2.41. The number of ether oxygens (including phenoxy) is 1. The van der Waals surface area contributed by atoms with Gasteiger partial charge in [0.25, 0.3) is 0 Å². The molecule has 1 fully saturated rings. The van der Waals surface area contributed by atoms with Crippen LogP contribution in [0.15, 0.2) is 18.2 Å². The van der Waals surface area contributed by atoms with Gasteiger partial charge in [0.05, 0.1) is 22.3 Å². The largest absolute Gasteiger partial charge is 0.494 e. The molecule has 0 radical (unpaired) electrons. The van der Waals surface area contributed by atoms with E-state index in [1.165, 1.54) is 6.07 Å². The first kappa shape index (κ1) is 15.8. The van der Waals surface area contributed by atoms with Gasteiger partial charge in [0, 0.05) is 0 Å². The first-order valence-corrected chi connectivity index (χ1v) is 6.82. The highest BCUT2D eigenvalue weighted by Gasteiger charge is 2.58. The van der Waals surface area contributed by atoms with Gasteiger partial charge in [-0.15, -0.1) is 0 Å². The van der Waals surface area contributed by atoms with Crippen LogP contribution in [0.4, 0.5) is 17.6 Å². The molecule has 0 saturated carbocycles. The molecule has 8 heteroatoms. The van der Waals surface area contributed by atoms with Crippen LogP contribution in [0.3, 0.4) is 0 Å². The van der Waals surface area contributed by atoms with Crippen LogP contribution in [-0.4, -0.2) is 18.3 Å². The fourth-order valence-electron chi connectivity index (χ4n) is 2.45. The van der Waals surface area contributed by atoms with E-state index in [1.54, 1.807) is 0 Å². The van der Waals surface area contributed by atoms with Crippen LogP contribution < -0.4 is 5.46 Å². The number of halogens is 4. The molecule has 1 aromatic carbocycles. The molecule has 0 unspecified atom stereocenters. The van der Waals surface area contributed by atoms with Crippen molar-refractivity contribution >= 4 is 12.6 Å². The summed E-state index contributed by atoms with van der Waals surface area (Å²) < 4.78 is 69.1. The molecule has 2 aliphatic rings. The van der Waals surface area contributed by atoms with Gasteiger partial charge >= 0.3 is 19.3 Å². The summed E-state index contributed by atoms with van der Waals surface area (Å²) in [5.74, 6) is 0. The normalized spacial score (nSPS) is 27.0. The molecule has 1 saturated heterocycles. The summed E-state index contributed by atoms with van der Waals surface area (Å²) in [6, 6.07) is 3.18. The number of hydrogen-bond donors (Lipinski definition) is 0. The fourth-order valence-corrected chi connectivity index (χ4v) is 2.45. The molecule has 3 rings (SSSR count). The Morgan fingerprint density at radius 2 is 1.32 bits per heavy atom. The van der Waals surface area contributed by atoms with Gasteiger partial charge in [-0.05, 0) is 39.2 Å². The summed E-state index contributed by atoms with van der Waals surface area (Å²) in [6.45, 7) is 7.25. The first-order chi connectivity index (χ1) is 9.86. The zero-order chi connectivity index (χ0) is 16.6. The quantitative estimate of drug-likeness (QED) is 0.588. The van der Waals surface area contributed by atoms with Crippen LogP contribution in [0.5, 0.6) is 0 Å². The van der Waals surface area contributed by atoms with Crippen molar-refractivity contribution in [1.82, 2.24) is 0 Å². The maximum absolute atomic E-state index is 13.6. The molecule has 0 N–H and O–H groups in total. The van der Waals surface area contributed by atoms with Crippen LogP contribution in [0.25, 0.3) is 0 Å². The van der Waals surface area contributed by atoms with Gasteiger partial charge < -0.3 is 9.31 Å². The van der Waals surface area contributed by atoms with Gasteiger partial charge in [-0.1, -0.05) is 12.1 Å². The van der Waals surface area contributed by atoms with Crippen LogP contribution in [0.2, 0.25) is 0 Å². The Hall–Kier alpha value is -1.12. The molecule has 0 aromatic heterocycles. The Kier molecular flexibility index (Phi) is 3.04. The van der Waals surface area contributed by atoms with Crippen molar-refractivity contribution in [2.45, 2.75) is 51.1 Å². The molecule has 2 aliphatic heterocycles. The maximum Gasteiger partial charge on any atom is 0.494 e. The Labute approximate surface area is 125 Å². The topological polar surface area (TPSA) is 27.7 Å². The number of fused-ring (bicyclic) bond motifs is 1. The van der Waals surface area contributed by atoms with E-state index in [9.17, 15) is 17.6 Å². The van der Waals surface area contributed by atoms with E-state index in [-0.39, 0.29) is 5.46 Å². The van der Waals surface area contributed by atoms with E-state index in [0.717, 1.165) is 12.1 Å². The van der Waals surface area contributed by atoms with Gasteiger partial charge in [0.1, 0.15) is 0 Å². The molecule has 0 amide bonds. The van der Waals surface area contributed by atoms with E-state index in [2.05, 4.69) is 4.74 Å². The molecule has 0 atom stereocenters. The lowest BCUT2D eigenvalue weighted by Gasteiger charge is -2.32. The maximum atomic E-state index is 13.6. The second-order valence-corrected chi connectivity index (χ2v) is 6.53. The summed E-state index contributed by atoms with van der Waals surface area (Å²) in [7, 11) is -0.902. The Morgan fingerprint density at radius 3 is 1.86 bits per heavy atom. The van der Waals surface area contributed by atoms with Crippen LogP contribution in [0, 0.1) is 0 Å². The predicted octanol–water partition coefficient (Wildman–Crippen LogP) is 3.11. The first-order valence-electron chi connectivity index (χ1n) is 6.82. The van der Waals surface area contributed by atoms with E-state index in [0.29, 0.717) is 0 Å². The van der Waals surface area contributed by atoms with Crippen molar-refractivity contribution in [2.24, 2.45) is 0 Å². The lowest BCUT2D eigenvalue weighted by atomic mass is 9.77. The SMILES string of the molecule is CC1(C)OB(c2ccc3c(c2)C(F)(F)OC3(F)F)OC1(C)C. The third-order valence-corrected chi connectivity index (χ3v) is 4.45. The average molecular weight is 318 g/mol. The summed E-state index contributed by atoms with van der Waals surface area (Å²) >= 11 is 0. The Morgan fingerprint density at radius 1 is 0.818 bits per heavy atom. The minimum absolute atomic E-state index is 0.248. The van der Waals surface area contributed by atoms with Gasteiger partial charge in [0.15, 0.2) is 0 Å². The fraction of sp³-hybridized carbons (Fsp3) is 0.571. The molecule has 2 heterocycles. The zero-order valence-electron chi connectivity index (χ0n) is 12.5. The number of rotatable bonds is 1. The number of alkyl halides is 4. The van der Waals surface area contributed by atoms with E-state index < -0.39 is 41.7 Å². The second-order valence-electron chi connectivity index (χ2n) is 6.53. The summed E-state index contributed by atoms with van der Waals surface area (Å²) in [5.41, 5.74) is -2.75. The van der Waals surface area contributed by atoms with Crippen LogP contribution >= 0.6 is 0 Å². The molecule has 0 spiro atoms. The summed E-state index contributed by atoms with van der Waals surface area (Å²) in [4.78, 5) is 0. The summed E-state index contributed by atoms with van der Waals surface area (Å²) in [6.07, 6.45) is -8.05. The Bertz CT molecular complexity index is 615. The van der Waals surface area contributed by atoms with Crippen molar-refractivity contribution in [1.29, 1.82) is 0 Å². The molecule has 120 valence electrons.